The molecule has 0 aliphatic carbocycles. The van der Waals surface area contributed by atoms with Gasteiger partial charge in [-0.15, -0.1) is 10.2 Å². The molecular weight excluding hydrogens is 268 g/mol. The molecule has 0 fully saturated rings. The molecule has 0 unspecified atom stereocenters. The largest absolute Gasteiger partial charge is 0.334 e. The van der Waals surface area contributed by atoms with Crippen molar-refractivity contribution in [2.75, 3.05) is 7.05 Å². The summed E-state index contributed by atoms with van der Waals surface area (Å²) >= 11 is 0. The molecule has 1 aromatic carbocycles. The van der Waals surface area contributed by atoms with Crippen LogP contribution in [-0.2, 0) is 6.54 Å². The summed E-state index contributed by atoms with van der Waals surface area (Å²) in [5.74, 6) is 0.360. The van der Waals surface area contributed by atoms with Gasteiger partial charge < -0.3 is 4.90 Å². The van der Waals surface area contributed by atoms with E-state index in [2.05, 4.69) is 10.2 Å². The Hall–Kier alpha value is -2.50. The van der Waals surface area contributed by atoms with Gasteiger partial charge in [-0.2, -0.15) is 0 Å². The van der Waals surface area contributed by atoms with Gasteiger partial charge in [0.2, 0.25) is 0 Å². The van der Waals surface area contributed by atoms with Gasteiger partial charge in [0.1, 0.15) is 5.69 Å². The Kier molecular flexibility index (Phi) is 2.90. The number of amides is 1. The Bertz CT molecular complexity index is 823. The molecule has 0 saturated heterocycles. The molecule has 3 rings (SSSR count). The Labute approximate surface area is 122 Å². The van der Waals surface area contributed by atoms with Crippen LogP contribution in [0.2, 0.25) is 0 Å². The molecule has 0 bridgehead atoms. The predicted molar refractivity (Wildman–Crippen MR) is 77.6 cm³/mol. The average molecular weight is 284 g/mol. The van der Waals surface area contributed by atoms with Crippen molar-refractivity contribution in [2.45, 2.75) is 27.3 Å². The summed E-state index contributed by atoms with van der Waals surface area (Å²) in [7, 11) is 1.70. The summed E-state index contributed by atoms with van der Waals surface area (Å²) in [5, 5.41) is 7.98. The van der Waals surface area contributed by atoms with Crippen molar-refractivity contribution in [3.05, 3.63) is 50.7 Å². The lowest BCUT2D eigenvalue weighted by Gasteiger charge is -2.14. The fourth-order valence-electron chi connectivity index (χ4n) is 2.50. The van der Waals surface area contributed by atoms with Crippen LogP contribution in [0.1, 0.15) is 33.0 Å². The molecule has 1 aliphatic heterocycles. The van der Waals surface area contributed by atoms with Crippen molar-refractivity contribution < 1.29 is 4.79 Å². The summed E-state index contributed by atoms with van der Waals surface area (Å²) in [4.78, 5) is 26.5. The Morgan fingerprint density at radius 3 is 2.43 bits per heavy atom. The summed E-state index contributed by atoms with van der Waals surface area (Å²) < 4.78 is 1.51. The molecule has 6 heteroatoms. The van der Waals surface area contributed by atoms with Crippen LogP contribution in [0.3, 0.4) is 0 Å². The second kappa shape index (κ2) is 4.51. The van der Waals surface area contributed by atoms with Crippen molar-refractivity contribution in [1.82, 2.24) is 19.7 Å². The predicted octanol–water partition coefficient (Wildman–Crippen LogP) is 1.14. The van der Waals surface area contributed by atoms with Crippen molar-refractivity contribution >= 4 is 5.91 Å². The first-order chi connectivity index (χ1) is 9.90. The molecule has 6 nitrogen and oxygen atoms in total. The van der Waals surface area contributed by atoms with Crippen LogP contribution in [0.25, 0.3) is 5.69 Å². The number of aryl methyl sites for hydroxylation is 3. The molecule has 1 amide bonds. The first kappa shape index (κ1) is 13.5. The number of benzene rings is 1. The fraction of sp³-hybridized carbons (Fsp3) is 0.333. The normalized spacial score (nSPS) is 13.7. The quantitative estimate of drug-likeness (QED) is 0.727. The highest BCUT2D eigenvalue weighted by Crippen LogP contribution is 2.24. The SMILES string of the molecule is Cc1cc2c(cc1C)-n1c(nnc(C)c1=O)CN(C)C2=O. The molecule has 0 spiro atoms. The average Bonchev–Trinajstić information content (AvgIpc) is 2.54. The third-order valence-corrected chi connectivity index (χ3v) is 3.89. The van der Waals surface area contributed by atoms with Crippen LogP contribution in [0.5, 0.6) is 0 Å². The standard InChI is InChI=1S/C15H16N4O2/c1-8-5-11-12(6-9(8)2)19-13(7-18(4)15(11)21)17-16-10(3)14(19)20/h5-6H,7H2,1-4H3. The van der Waals surface area contributed by atoms with Crippen molar-refractivity contribution in [1.29, 1.82) is 0 Å². The number of nitrogens with zero attached hydrogens (tertiary/aromatic N) is 4. The van der Waals surface area contributed by atoms with E-state index in [0.717, 1.165) is 11.1 Å². The first-order valence-electron chi connectivity index (χ1n) is 6.72. The molecule has 0 atom stereocenters. The maximum absolute atomic E-state index is 12.5. The molecular formula is C15H16N4O2. The second-order valence-electron chi connectivity index (χ2n) is 5.46. The Balaban J connectivity index is 2.46. The van der Waals surface area contributed by atoms with E-state index < -0.39 is 0 Å². The summed E-state index contributed by atoms with van der Waals surface area (Å²) in [6, 6.07) is 3.70. The number of carbonyl (C=O) groups is 1. The zero-order valence-electron chi connectivity index (χ0n) is 12.5. The maximum atomic E-state index is 12.5. The van der Waals surface area contributed by atoms with Gasteiger partial charge in [-0.05, 0) is 44.0 Å². The van der Waals surface area contributed by atoms with Gasteiger partial charge in [-0.1, -0.05) is 0 Å². The molecule has 21 heavy (non-hydrogen) atoms. The zero-order valence-corrected chi connectivity index (χ0v) is 12.5. The van der Waals surface area contributed by atoms with E-state index in [1.54, 1.807) is 18.9 Å². The van der Waals surface area contributed by atoms with Crippen LogP contribution in [0.15, 0.2) is 16.9 Å². The number of rotatable bonds is 0. The van der Waals surface area contributed by atoms with E-state index in [1.165, 1.54) is 4.57 Å². The van der Waals surface area contributed by atoms with Gasteiger partial charge in [0.25, 0.3) is 11.5 Å². The molecule has 0 N–H and O–H groups in total. The number of hydrogen-bond donors (Lipinski definition) is 0. The first-order valence-corrected chi connectivity index (χ1v) is 6.72. The second-order valence-corrected chi connectivity index (χ2v) is 5.46. The summed E-state index contributed by atoms with van der Waals surface area (Å²) in [6.07, 6.45) is 0. The zero-order chi connectivity index (χ0) is 15.3. The topological polar surface area (TPSA) is 68.1 Å². The minimum Gasteiger partial charge on any atom is -0.334 e. The lowest BCUT2D eigenvalue weighted by atomic mass is 10.0. The van der Waals surface area contributed by atoms with Gasteiger partial charge in [-0.25, -0.2) is 0 Å². The van der Waals surface area contributed by atoms with E-state index in [1.807, 2.05) is 26.0 Å². The van der Waals surface area contributed by atoms with Crippen LogP contribution < -0.4 is 5.56 Å². The van der Waals surface area contributed by atoms with Crippen LogP contribution >= 0.6 is 0 Å². The minimum atomic E-state index is -0.229. The molecule has 1 aromatic heterocycles. The van der Waals surface area contributed by atoms with Crippen LogP contribution in [-0.4, -0.2) is 32.6 Å². The third kappa shape index (κ3) is 1.94. The van der Waals surface area contributed by atoms with Crippen molar-refractivity contribution in [2.24, 2.45) is 0 Å². The summed E-state index contributed by atoms with van der Waals surface area (Å²) in [5.41, 5.74) is 3.25. The number of fused-ring (bicyclic) bond motifs is 3. The number of carbonyl (C=O) groups excluding carboxylic acids is 1. The molecule has 0 saturated carbocycles. The highest BCUT2D eigenvalue weighted by Gasteiger charge is 2.26. The van der Waals surface area contributed by atoms with Gasteiger partial charge in [-0.3, -0.25) is 14.2 Å². The van der Waals surface area contributed by atoms with Crippen LogP contribution in [0.4, 0.5) is 0 Å². The van der Waals surface area contributed by atoms with E-state index in [-0.39, 0.29) is 18.0 Å². The molecule has 2 aromatic rings. The van der Waals surface area contributed by atoms with Gasteiger partial charge in [0, 0.05) is 7.05 Å². The van der Waals surface area contributed by atoms with Gasteiger partial charge in [0.05, 0.1) is 17.8 Å². The molecule has 0 radical (unpaired) electrons. The van der Waals surface area contributed by atoms with E-state index >= 15 is 0 Å². The van der Waals surface area contributed by atoms with E-state index in [0.29, 0.717) is 22.8 Å². The minimum absolute atomic E-state index is 0.115. The molecule has 108 valence electrons. The van der Waals surface area contributed by atoms with Crippen LogP contribution in [0, 0.1) is 20.8 Å². The third-order valence-electron chi connectivity index (χ3n) is 3.89. The van der Waals surface area contributed by atoms with Crippen molar-refractivity contribution in [3.63, 3.8) is 0 Å². The van der Waals surface area contributed by atoms with Gasteiger partial charge >= 0.3 is 0 Å². The van der Waals surface area contributed by atoms with E-state index in [4.69, 9.17) is 0 Å². The lowest BCUT2D eigenvalue weighted by molar-refractivity contribution is 0.0786. The monoisotopic (exact) mass is 284 g/mol. The molecule has 2 heterocycles. The Morgan fingerprint density at radius 2 is 1.71 bits per heavy atom. The van der Waals surface area contributed by atoms with E-state index in [9.17, 15) is 9.59 Å². The highest BCUT2D eigenvalue weighted by molar-refractivity contribution is 5.98. The maximum Gasteiger partial charge on any atom is 0.279 e. The lowest BCUT2D eigenvalue weighted by Crippen LogP contribution is -2.29. The molecule has 1 aliphatic rings. The van der Waals surface area contributed by atoms with Gasteiger partial charge in [0.15, 0.2) is 5.82 Å². The van der Waals surface area contributed by atoms with Crippen molar-refractivity contribution in [3.8, 4) is 5.69 Å². The smallest absolute Gasteiger partial charge is 0.279 e. The Morgan fingerprint density at radius 1 is 1.05 bits per heavy atom. The fourth-order valence-corrected chi connectivity index (χ4v) is 2.50. The number of aromatic nitrogens is 3. The highest BCUT2D eigenvalue weighted by atomic mass is 16.2. The number of hydrogen-bond acceptors (Lipinski definition) is 4. The summed E-state index contributed by atoms with van der Waals surface area (Å²) in [6.45, 7) is 5.79.